The maximum absolute atomic E-state index is 11.4. The molecule has 1 heterocycles. The lowest BCUT2D eigenvalue weighted by atomic mass is 10.2. The summed E-state index contributed by atoms with van der Waals surface area (Å²) >= 11 is 0. The topological polar surface area (TPSA) is 53.9 Å². The first-order chi connectivity index (χ1) is 9.16. The first kappa shape index (κ1) is 13.4. The highest BCUT2D eigenvalue weighted by Crippen LogP contribution is 2.13. The average molecular weight is 261 g/mol. The Balaban J connectivity index is 1.95. The van der Waals surface area contributed by atoms with Crippen LogP contribution in [0.25, 0.3) is 0 Å². The van der Waals surface area contributed by atoms with Gasteiger partial charge in [-0.05, 0) is 30.7 Å². The number of likely N-dealkylation sites (N-methyl/N-ethyl adjacent to an activating group) is 1. The van der Waals surface area contributed by atoms with E-state index in [0.717, 1.165) is 30.9 Å². The average Bonchev–Trinajstić information content (AvgIpc) is 2.46. The van der Waals surface area contributed by atoms with Crippen molar-refractivity contribution in [1.82, 2.24) is 10.2 Å². The molecule has 0 saturated carbocycles. The molecule has 0 bridgehead atoms. The molecule has 0 radical (unpaired) electrons. The number of nitrogens with zero attached hydrogens (tertiary/aromatic N) is 2. The van der Waals surface area contributed by atoms with E-state index in [4.69, 9.17) is 4.74 Å². The van der Waals surface area contributed by atoms with Crippen molar-refractivity contribution >= 4 is 11.7 Å². The second-order valence-corrected chi connectivity index (χ2v) is 4.61. The Kier molecular flexibility index (Phi) is 4.39. The first-order valence-corrected chi connectivity index (χ1v) is 6.38. The predicted octanol–water partition coefficient (Wildman–Crippen LogP) is 0.893. The molecule has 19 heavy (non-hydrogen) atoms. The third kappa shape index (κ3) is 3.71. The van der Waals surface area contributed by atoms with Crippen LogP contribution in [0.2, 0.25) is 0 Å². The lowest BCUT2D eigenvalue weighted by Gasteiger charge is -2.15. The molecule has 1 aromatic rings. The number of hydrogen-bond acceptors (Lipinski definition) is 4. The van der Waals surface area contributed by atoms with E-state index in [1.165, 1.54) is 4.90 Å². The van der Waals surface area contributed by atoms with Gasteiger partial charge in [-0.25, -0.2) is 0 Å². The van der Waals surface area contributed by atoms with Crippen molar-refractivity contribution in [3.05, 3.63) is 29.8 Å². The number of rotatable bonds is 4. The van der Waals surface area contributed by atoms with E-state index in [-0.39, 0.29) is 12.5 Å². The van der Waals surface area contributed by atoms with Crippen molar-refractivity contribution in [2.45, 2.75) is 6.42 Å². The molecule has 0 aliphatic carbocycles. The molecule has 1 aliphatic heterocycles. The van der Waals surface area contributed by atoms with Gasteiger partial charge >= 0.3 is 0 Å². The van der Waals surface area contributed by atoms with Crippen molar-refractivity contribution in [1.29, 1.82) is 0 Å². The summed E-state index contributed by atoms with van der Waals surface area (Å²) in [4.78, 5) is 17.3. The summed E-state index contributed by atoms with van der Waals surface area (Å²) in [5.74, 6) is 1.57. The number of carbonyl (C=O) groups is 1. The van der Waals surface area contributed by atoms with Crippen LogP contribution in [-0.2, 0) is 4.79 Å². The van der Waals surface area contributed by atoms with Gasteiger partial charge in [-0.2, -0.15) is 0 Å². The van der Waals surface area contributed by atoms with Crippen molar-refractivity contribution in [3.63, 3.8) is 0 Å². The van der Waals surface area contributed by atoms with Gasteiger partial charge in [0.05, 0.1) is 0 Å². The second-order valence-electron chi connectivity index (χ2n) is 4.61. The van der Waals surface area contributed by atoms with E-state index in [1.54, 1.807) is 14.1 Å². The molecular weight excluding hydrogens is 242 g/mol. The maximum Gasteiger partial charge on any atom is 0.259 e. The van der Waals surface area contributed by atoms with Crippen LogP contribution in [0, 0.1) is 0 Å². The zero-order valence-corrected chi connectivity index (χ0v) is 11.3. The van der Waals surface area contributed by atoms with Crippen LogP contribution < -0.4 is 10.1 Å². The molecule has 0 unspecified atom stereocenters. The molecule has 1 amide bonds. The van der Waals surface area contributed by atoms with Gasteiger partial charge < -0.3 is 15.0 Å². The predicted molar refractivity (Wildman–Crippen MR) is 74.7 cm³/mol. The minimum atomic E-state index is -0.0533. The van der Waals surface area contributed by atoms with Crippen molar-refractivity contribution < 1.29 is 9.53 Å². The second kappa shape index (κ2) is 6.22. The van der Waals surface area contributed by atoms with Crippen LogP contribution in [0.15, 0.2) is 29.3 Å². The third-order valence-corrected chi connectivity index (χ3v) is 2.89. The van der Waals surface area contributed by atoms with E-state index in [1.807, 2.05) is 24.3 Å². The van der Waals surface area contributed by atoms with Gasteiger partial charge in [0.15, 0.2) is 6.61 Å². The molecular formula is C14H19N3O2. The highest BCUT2D eigenvalue weighted by molar-refractivity contribution is 5.99. The van der Waals surface area contributed by atoms with E-state index < -0.39 is 0 Å². The smallest absolute Gasteiger partial charge is 0.259 e. The number of carbonyl (C=O) groups excluding carboxylic acids is 1. The zero-order valence-electron chi connectivity index (χ0n) is 11.3. The highest BCUT2D eigenvalue weighted by Gasteiger charge is 2.08. The standard InChI is InChI=1S/C14H19N3O2/c1-17(2)13(18)10-19-12-6-4-11(5-7-12)14-15-8-3-9-16-14/h4-7H,3,8-10H2,1-2H3,(H,15,16). The fraction of sp³-hybridized carbons (Fsp3) is 0.429. The molecule has 0 aromatic heterocycles. The summed E-state index contributed by atoms with van der Waals surface area (Å²) in [6.07, 6.45) is 1.08. The van der Waals surface area contributed by atoms with Crippen LogP contribution in [0.1, 0.15) is 12.0 Å². The summed E-state index contributed by atoms with van der Waals surface area (Å²) < 4.78 is 5.42. The largest absolute Gasteiger partial charge is 0.484 e. The summed E-state index contributed by atoms with van der Waals surface area (Å²) in [6.45, 7) is 1.90. The Hall–Kier alpha value is -2.04. The van der Waals surface area contributed by atoms with E-state index in [9.17, 15) is 4.79 Å². The van der Waals surface area contributed by atoms with Gasteiger partial charge in [0.2, 0.25) is 0 Å². The van der Waals surface area contributed by atoms with Gasteiger partial charge in [0, 0.05) is 32.7 Å². The molecule has 2 rings (SSSR count). The van der Waals surface area contributed by atoms with E-state index in [0.29, 0.717) is 5.75 Å². The number of amidine groups is 1. The number of amides is 1. The molecule has 5 nitrogen and oxygen atoms in total. The fourth-order valence-electron chi connectivity index (χ4n) is 1.71. The minimum Gasteiger partial charge on any atom is -0.484 e. The number of benzene rings is 1. The van der Waals surface area contributed by atoms with Crippen molar-refractivity contribution in [3.8, 4) is 5.75 Å². The van der Waals surface area contributed by atoms with E-state index >= 15 is 0 Å². The van der Waals surface area contributed by atoms with Gasteiger partial charge in [-0.1, -0.05) is 0 Å². The summed E-state index contributed by atoms with van der Waals surface area (Å²) in [5.41, 5.74) is 1.05. The number of ether oxygens (including phenoxy) is 1. The quantitative estimate of drug-likeness (QED) is 0.876. The first-order valence-electron chi connectivity index (χ1n) is 6.38. The number of hydrogen-bond donors (Lipinski definition) is 1. The molecule has 0 atom stereocenters. The van der Waals surface area contributed by atoms with Crippen LogP contribution in [0.3, 0.4) is 0 Å². The molecule has 0 fully saturated rings. The summed E-state index contributed by atoms with van der Waals surface area (Å²) in [7, 11) is 3.42. The third-order valence-electron chi connectivity index (χ3n) is 2.89. The number of aliphatic imine (C=N–C) groups is 1. The van der Waals surface area contributed by atoms with Gasteiger partial charge in [0.1, 0.15) is 11.6 Å². The SMILES string of the molecule is CN(C)C(=O)COc1ccc(C2=NCCCN2)cc1. The maximum atomic E-state index is 11.4. The van der Waals surface area contributed by atoms with Gasteiger partial charge in [-0.3, -0.25) is 9.79 Å². The monoisotopic (exact) mass is 261 g/mol. The van der Waals surface area contributed by atoms with Gasteiger partial charge in [0.25, 0.3) is 5.91 Å². The Bertz CT molecular complexity index is 466. The van der Waals surface area contributed by atoms with Gasteiger partial charge in [-0.15, -0.1) is 0 Å². The molecule has 102 valence electrons. The van der Waals surface area contributed by atoms with Crippen molar-refractivity contribution in [2.24, 2.45) is 4.99 Å². The Morgan fingerprint density at radius 3 is 2.68 bits per heavy atom. The lowest BCUT2D eigenvalue weighted by Crippen LogP contribution is -2.30. The summed E-state index contributed by atoms with van der Waals surface area (Å²) in [5, 5.41) is 3.27. The fourth-order valence-corrected chi connectivity index (χ4v) is 1.71. The highest BCUT2D eigenvalue weighted by atomic mass is 16.5. The van der Waals surface area contributed by atoms with Crippen LogP contribution >= 0.6 is 0 Å². The molecule has 1 aliphatic rings. The minimum absolute atomic E-state index is 0.0533. The molecule has 1 aromatic carbocycles. The van der Waals surface area contributed by atoms with Crippen LogP contribution in [-0.4, -0.2) is 50.4 Å². The molecule has 1 N–H and O–H groups in total. The van der Waals surface area contributed by atoms with Crippen LogP contribution in [0.4, 0.5) is 0 Å². The Morgan fingerprint density at radius 1 is 1.37 bits per heavy atom. The normalized spacial score (nSPS) is 14.3. The van der Waals surface area contributed by atoms with E-state index in [2.05, 4.69) is 10.3 Å². The van der Waals surface area contributed by atoms with Crippen molar-refractivity contribution in [2.75, 3.05) is 33.8 Å². The number of nitrogens with one attached hydrogen (secondary N) is 1. The molecule has 0 spiro atoms. The Morgan fingerprint density at radius 2 is 2.11 bits per heavy atom. The van der Waals surface area contributed by atoms with Crippen LogP contribution in [0.5, 0.6) is 5.75 Å². The summed E-state index contributed by atoms with van der Waals surface area (Å²) in [6, 6.07) is 7.62. The molecule has 0 saturated heterocycles. The lowest BCUT2D eigenvalue weighted by molar-refractivity contribution is -0.130. The zero-order chi connectivity index (χ0) is 13.7. The Labute approximate surface area is 113 Å². The molecule has 5 heteroatoms.